The molecule has 1 aromatic heterocycles. The van der Waals surface area contributed by atoms with Crippen molar-refractivity contribution in [2.24, 2.45) is 0 Å². The van der Waals surface area contributed by atoms with Crippen LogP contribution in [-0.2, 0) is 5.41 Å². The van der Waals surface area contributed by atoms with Gasteiger partial charge in [-0.1, -0.05) is 28.4 Å². The minimum absolute atomic E-state index is 0.236. The predicted octanol–water partition coefficient (Wildman–Crippen LogP) is 5.01. The second-order valence-electron chi connectivity index (χ2n) is 6.56. The lowest BCUT2D eigenvalue weighted by Crippen LogP contribution is -2.33. The third-order valence-corrected chi connectivity index (χ3v) is 5.46. The van der Waals surface area contributed by atoms with Crippen LogP contribution in [0.25, 0.3) is 0 Å². The second-order valence-corrected chi connectivity index (χ2v) is 7.38. The lowest BCUT2D eigenvalue weighted by atomic mass is 9.81. The lowest BCUT2D eigenvalue weighted by molar-refractivity contribution is -0.0925. The van der Waals surface area contributed by atoms with Crippen LogP contribution in [0.2, 0.25) is 10.0 Å². The molecule has 0 atom stereocenters. The molecule has 1 heterocycles. The number of rotatable bonds is 4. The van der Waals surface area contributed by atoms with Crippen molar-refractivity contribution in [3.63, 3.8) is 0 Å². The molecule has 1 N–H and O–H groups in total. The number of anilines is 1. The van der Waals surface area contributed by atoms with Gasteiger partial charge in [0.1, 0.15) is 0 Å². The summed E-state index contributed by atoms with van der Waals surface area (Å²) in [6.07, 6.45) is 1.12. The Morgan fingerprint density at radius 1 is 1.21 bits per heavy atom. The molecule has 0 saturated heterocycles. The Balaban J connectivity index is 1.66. The fourth-order valence-corrected chi connectivity index (χ4v) is 4.17. The van der Waals surface area contributed by atoms with Gasteiger partial charge in [0.25, 0.3) is 0 Å². The topological polar surface area (TPSA) is 51.0 Å². The predicted molar refractivity (Wildman–Crippen MR) is 87.2 cm³/mol. The molecule has 2 fully saturated rings. The lowest BCUT2D eigenvalue weighted by Gasteiger charge is -2.32. The highest BCUT2D eigenvalue weighted by Crippen LogP contribution is 2.57. The molecule has 128 valence electrons. The SMILES string of the molecule is CNc1cc(Cl)c(C2(c3noc(C4CC(F)(F)C4)n3)CC2)c(Cl)c1. The molecule has 0 radical (unpaired) electrons. The maximum absolute atomic E-state index is 13.0. The molecule has 8 heteroatoms. The van der Waals surface area contributed by atoms with Crippen LogP contribution >= 0.6 is 23.2 Å². The molecule has 2 aromatic rings. The molecular formula is C16H15Cl2F2N3O. The van der Waals surface area contributed by atoms with Crippen molar-refractivity contribution in [1.82, 2.24) is 10.1 Å². The first kappa shape index (κ1) is 16.1. The summed E-state index contributed by atoms with van der Waals surface area (Å²) in [7, 11) is 1.79. The molecule has 0 amide bonds. The number of aromatic nitrogens is 2. The molecule has 4 rings (SSSR count). The Morgan fingerprint density at radius 3 is 2.33 bits per heavy atom. The van der Waals surface area contributed by atoms with E-state index in [1.165, 1.54) is 0 Å². The van der Waals surface area contributed by atoms with Crippen LogP contribution in [0, 0.1) is 0 Å². The summed E-state index contributed by atoms with van der Waals surface area (Å²) in [6.45, 7) is 0. The number of benzene rings is 1. The number of alkyl halides is 2. The number of halogens is 4. The molecular weight excluding hydrogens is 359 g/mol. The van der Waals surface area contributed by atoms with Gasteiger partial charge in [-0.3, -0.25) is 0 Å². The summed E-state index contributed by atoms with van der Waals surface area (Å²) in [6, 6.07) is 3.60. The van der Waals surface area contributed by atoms with E-state index < -0.39 is 11.3 Å². The van der Waals surface area contributed by atoms with E-state index in [9.17, 15) is 8.78 Å². The van der Waals surface area contributed by atoms with E-state index in [0.29, 0.717) is 15.9 Å². The zero-order chi connectivity index (χ0) is 17.1. The molecule has 2 aliphatic rings. The van der Waals surface area contributed by atoms with Gasteiger partial charge in [-0.25, -0.2) is 8.78 Å². The van der Waals surface area contributed by atoms with Gasteiger partial charge in [0.2, 0.25) is 11.8 Å². The molecule has 2 aliphatic carbocycles. The molecule has 0 unspecified atom stereocenters. The second kappa shape index (κ2) is 5.30. The third kappa shape index (κ3) is 2.47. The van der Waals surface area contributed by atoms with Crippen LogP contribution < -0.4 is 5.32 Å². The summed E-state index contributed by atoms with van der Waals surface area (Å²) in [5.41, 5.74) is 1.11. The summed E-state index contributed by atoms with van der Waals surface area (Å²) in [5.74, 6) is -2.23. The van der Waals surface area contributed by atoms with Gasteiger partial charge in [0, 0.05) is 47.1 Å². The first-order chi connectivity index (χ1) is 11.3. The van der Waals surface area contributed by atoms with Crippen LogP contribution in [0.4, 0.5) is 14.5 Å². The van der Waals surface area contributed by atoms with Crippen LogP contribution in [0.1, 0.15) is 48.9 Å². The number of nitrogens with zero attached hydrogens (tertiary/aromatic N) is 2. The third-order valence-electron chi connectivity index (χ3n) is 4.87. The van der Waals surface area contributed by atoms with E-state index in [0.717, 1.165) is 24.1 Å². The number of hydrogen-bond donors (Lipinski definition) is 1. The van der Waals surface area contributed by atoms with Gasteiger partial charge in [-0.05, 0) is 25.0 Å². The standard InChI is InChI=1S/C16H15Cl2F2N3O/c1-21-9-4-10(17)12(11(18)5-9)15(2-3-15)14-22-13(24-23-14)8-6-16(19,20)7-8/h4-5,8,21H,2-3,6-7H2,1H3. The van der Waals surface area contributed by atoms with Gasteiger partial charge >= 0.3 is 0 Å². The summed E-state index contributed by atoms with van der Waals surface area (Å²) in [5, 5.41) is 8.10. The summed E-state index contributed by atoms with van der Waals surface area (Å²) in [4.78, 5) is 4.39. The van der Waals surface area contributed by atoms with E-state index in [2.05, 4.69) is 15.5 Å². The quantitative estimate of drug-likeness (QED) is 0.817. The van der Waals surface area contributed by atoms with Gasteiger partial charge < -0.3 is 9.84 Å². The molecule has 4 nitrogen and oxygen atoms in total. The minimum Gasteiger partial charge on any atom is -0.388 e. The van der Waals surface area contributed by atoms with Crippen molar-refractivity contribution in [3.8, 4) is 0 Å². The highest BCUT2D eigenvalue weighted by atomic mass is 35.5. The van der Waals surface area contributed by atoms with Crippen molar-refractivity contribution >= 4 is 28.9 Å². The van der Waals surface area contributed by atoms with Gasteiger partial charge in [0.05, 0.1) is 5.41 Å². The largest absolute Gasteiger partial charge is 0.388 e. The average Bonchev–Trinajstić information content (AvgIpc) is 3.12. The molecule has 1 aromatic carbocycles. The smallest absolute Gasteiger partial charge is 0.249 e. The van der Waals surface area contributed by atoms with E-state index >= 15 is 0 Å². The normalized spacial score (nSPS) is 21.4. The highest BCUT2D eigenvalue weighted by Gasteiger charge is 2.54. The van der Waals surface area contributed by atoms with Crippen molar-refractivity contribution in [1.29, 1.82) is 0 Å². The Kier molecular flexibility index (Phi) is 3.55. The molecule has 24 heavy (non-hydrogen) atoms. The number of nitrogens with one attached hydrogen (secondary N) is 1. The highest BCUT2D eigenvalue weighted by molar-refractivity contribution is 6.36. The van der Waals surface area contributed by atoms with Gasteiger partial charge in [-0.2, -0.15) is 4.98 Å². The van der Waals surface area contributed by atoms with Crippen molar-refractivity contribution in [2.45, 2.75) is 42.9 Å². The van der Waals surface area contributed by atoms with Crippen molar-refractivity contribution in [2.75, 3.05) is 12.4 Å². The van der Waals surface area contributed by atoms with E-state index in [-0.39, 0.29) is 24.7 Å². The van der Waals surface area contributed by atoms with E-state index in [4.69, 9.17) is 27.7 Å². The van der Waals surface area contributed by atoms with Gasteiger partial charge in [-0.15, -0.1) is 0 Å². The molecule has 0 bridgehead atoms. The first-order valence-electron chi connectivity index (χ1n) is 7.74. The monoisotopic (exact) mass is 373 g/mol. The Hall–Kier alpha value is -1.40. The summed E-state index contributed by atoms with van der Waals surface area (Å²) >= 11 is 12.8. The Bertz CT molecular complexity index is 773. The van der Waals surface area contributed by atoms with Crippen molar-refractivity contribution < 1.29 is 13.3 Å². The fraction of sp³-hybridized carbons (Fsp3) is 0.500. The van der Waals surface area contributed by atoms with Crippen LogP contribution in [0.5, 0.6) is 0 Å². The summed E-state index contributed by atoms with van der Waals surface area (Å²) < 4.78 is 31.3. The molecule has 2 saturated carbocycles. The van der Waals surface area contributed by atoms with Gasteiger partial charge in [0.15, 0.2) is 5.82 Å². The zero-order valence-electron chi connectivity index (χ0n) is 12.9. The minimum atomic E-state index is -2.62. The van der Waals surface area contributed by atoms with Crippen LogP contribution in [-0.4, -0.2) is 23.1 Å². The molecule has 0 spiro atoms. The van der Waals surface area contributed by atoms with E-state index in [1.807, 2.05) is 0 Å². The van der Waals surface area contributed by atoms with Crippen LogP contribution in [0.3, 0.4) is 0 Å². The maximum atomic E-state index is 13.0. The fourth-order valence-electron chi connectivity index (χ4n) is 3.32. The average molecular weight is 374 g/mol. The Labute approximate surface area is 147 Å². The molecule has 0 aliphatic heterocycles. The van der Waals surface area contributed by atoms with E-state index in [1.54, 1.807) is 19.2 Å². The zero-order valence-corrected chi connectivity index (χ0v) is 14.4. The first-order valence-corrected chi connectivity index (χ1v) is 8.49. The Morgan fingerprint density at radius 2 is 1.83 bits per heavy atom. The maximum Gasteiger partial charge on any atom is 0.249 e. The number of hydrogen-bond acceptors (Lipinski definition) is 4. The van der Waals surface area contributed by atoms with Crippen molar-refractivity contribution in [3.05, 3.63) is 39.5 Å². The van der Waals surface area contributed by atoms with Crippen LogP contribution in [0.15, 0.2) is 16.7 Å².